The van der Waals surface area contributed by atoms with Crippen molar-refractivity contribution in [3.05, 3.63) is 59.4 Å². The monoisotopic (exact) mass is 386 g/mol. The molecule has 1 unspecified atom stereocenters. The number of methoxy groups -OCH3 is 1. The molecule has 7 nitrogen and oxygen atoms in total. The van der Waals surface area contributed by atoms with Crippen molar-refractivity contribution in [2.75, 3.05) is 12.4 Å². The summed E-state index contributed by atoms with van der Waals surface area (Å²) in [5.74, 6) is -2.85. The molecule has 1 aliphatic carbocycles. The Labute approximate surface area is 160 Å². The predicted molar refractivity (Wildman–Crippen MR) is 98.6 cm³/mol. The number of carboxylic acids is 1. The molecule has 2 amide bonds. The van der Waals surface area contributed by atoms with Crippen molar-refractivity contribution >= 4 is 23.5 Å². The van der Waals surface area contributed by atoms with Crippen LogP contribution in [0.4, 0.5) is 10.1 Å². The van der Waals surface area contributed by atoms with E-state index in [-0.39, 0.29) is 28.7 Å². The summed E-state index contributed by atoms with van der Waals surface area (Å²) in [5, 5.41) is 14.6. The Kier molecular flexibility index (Phi) is 5.58. The Morgan fingerprint density at radius 2 is 1.93 bits per heavy atom. The first-order valence-corrected chi connectivity index (χ1v) is 8.67. The van der Waals surface area contributed by atoms with Gasteiger partial charge in [0.05, 0.1) is 7.11 Å². The molecule has 28 heavy (non-hydrogen) atoms. The number of carbonyl (C=O) groups excluding carboxylic acids is 2. The van der Waals surface area contributed by atoms with E-state index >= 15 is 0 Å². The smallest absolute Gasteiger partial charge is 0.330 e. The molecule has 3 N–H and O–H groups in total. The number of hydrogen-bond donors (Lipinski definition) is 3. The van der Waals surface area contributed by atoms with Gasteiger partial charge in [-0.15, -0.1) is 0 Å². The molecule has 2 aromatic rings. The van der Waals surface area contributed by atoms with Crippen molar-refractivity contribution in [2.24, 2.45) is 5.92 Å². The lowest BCUT2D eigenvalue weighted by molar-refractivity contribution is -0.139. The topological polar surface area (TPSA) is 105 Å². The van der Waals surface area contributed by atoms with Crippen molar-refractivity contribution in [1.82, 2.24) is 5.32 Å². The van der Waals surface area contributed by atoms with E-state index in [9.17, 15) is 23.9 Å². The highest BCUT2D eigenvalue weighted by molar-refractivity contribution is 5.99. The number of amides is 2. The van der Waals surface area contributed by atoms with Crippen LogP contribution in [0, 0.1) is 11.7 Å². The molecular weight excluding hydrogens is 367 g/mol. The number of carboxylic acid groups (broad SMARTS) is 1. The standard InChI is InChI=1S/C20H19FN2O5/c1-28-16-8-7-12(10-15(16)21)17(20(26)27)23-19(25)13-3-2-4-14(9-13)22-18(24)11-5-6-11/h2-4,7-11,17H,5-6H2,1H3,(H,22,24)(H,23,25)(H,26,27). The molecule has 0 saturated heterocycles. The van der Waals surface area contributed by atoms with E-state index in [0.29, 0.717) is 5.69 Å². The van der Waals surface area contributed by atoms with Crippen molar-refractivity contribution in [3.8, 4) is 5.75 Å². The molecule has 1 atom stereocenters. The van der Waals surface area contributed by atoms with Crippen LogP contribution in [-0.4, -0.2) is 30.0 Å². The van der Waals surface area contributed by atoms with Gasteiger partial charge in [-0.2, -0.15) is 0 Å². The van der Waals surface area contributed by atoms with Gasteiger partial charge < -0.3 is 20.5 Å². The molecule has 1 fully saturated rings. The molecule has 8 heteroatoms. The summed E-state index contributed by atoms with van der Waals surface area (Å²) < 4.78 is 18.7. The van der Waals surface area contributed by atoms with Gasteiger partial charge >= 0.3 is 5.97 Å². The van der Waals surface area contributed by atoms with Gasteiger partial charge in [-0.05, 0) is 48.7 Å². The SMILES string of the molecule is COc1ccc(C(NC(=O)c2cccc(NC(=O)C3CC3)c2)C(=O)O)cc1F. The van der Waals surface area contributed by atoms with E-state index in [1.54, 1.807) is 12.1 Å². The molecule has 0 aromatic heterocycles. The molecule has 0 aliphatic heterocycles. The van der Waals surface area contributed by atoms with Gasteiger partial charge in [-0.25, -0.2) is 9.18 Å². The average Bonchev–Trinajstić information content (AvgIpc) is 3.51. The first-order chi connectivity index (χ1) is 13.4. The molecule has 0 bridgehead atoms. The van der Waals surface area contributed by atoms with Gasteiger partial charge in [0.25, 0.3) is 5.91 Å². The summed E-state index contributed by atoms with van der Waals surface area (Å²) >= 11 is 0. The summed E-state index contributed by atoms with van der Waals surface area (Å²) in [5.41, 5.74) is 0.693. The van der Waals surface area contributed by atoms with Crippen LogP contribution in [0.15, 0.2) is 42.5 Å². The van der Waals surface area contributed by atoms with Crippen LogP contribution in [0.5, 0.6) is 5.75 Å². The molecule has 3 rings (SSSR count). The fourth-order valence-corrected chi connectivity index (χ4v) is 2.69. The minimum atomic E-state index is -1.45. The van der Waals surface area contributed by atoms with E-state index in [0.717, 1.165) is 18.9 Å². The minimum Gasteiger partial charge on any atom is -0.494 e. The maximum atomic E-state index is 13.9. The number of carbonyl (C=O) groups is 3. The zero-order chi connectivity index (χ0) is 20.3. The molecule has 1 aliphatic rings. The maximum absolute atomic E-state index is 13.9. The second kappa shape index (κ2) is 8.08. The summed E-state index contributed by atoms with van der Waals surface area (Å²) in [6.07, 6.45) is 1.70. The summed E-state index contributed by atoms with van der Waals surface area (Å²) in [6.45, 7) is 0. The van der Waals surface area contributed by atoms with E-state index in [2.05, 4.69) is 10.6 Å². The Hall–Kier alpha value is -3.42. The van der Waals surface area contributed by atoms with Crippen LogP contribution in [0.2, 0.25) is 0 Å². The van der Waals surface area contributed by atoms with Gasteiger partial charge in [-0.3, -0.25) is 9.59 Å². The molecule has 0 radical (unpaired) electrons. The number of aliphatic carboxylic acids is 1. The Morgan fingerprint density at radius 3 is 2.54 bits per heavy atom. The van der Waals surface area contributed by atoms with Crippen molar-refractivity contribution in [2.45, 2.75) is 18.9 Å². The number of benzene rings is 2. The third kappa shape index (κ3) is 4.46. The first-order valence-electron chi connectivity index (χ1n) is 8.67. The predicted octanol–water partition coefficient (Wildman–Crippen LogP) is 2.74. The molecule has 2 aromatic carbocycles. The second-order valence-electron chi connectivity index (χ2n) is 6.48. The molecule has 0 spiro atoms. The third-order valence-electron chi connectivity index (χ3n) is 4.37. The van der Waals surface area contributed by atoms with Crippen molar-refractivity contribution < 1.29 is 28.6 Å². The van der Waals surface area contributed by atoms with E-state index < -0.39 is 23.7 Å². The number of anilines is 1. The van der Waals surface area contributed by atoms with Gasteiger partial charge in [0.2, 0.25) is 5.91 Å². The second-order valence-corrected chi connectivity index (χ2v) is 6.48. The largest absolute Gasteiger partial charge is 0.494 e. The maximum Gasteiger partial charge on any atom is 0.330 e. The number of ether oxygens (including phenoxy) is 1. The van der Waals surface area contributed by atoms with Crippen LogP contribution in [0.3, 0.4) is 0 Å². The van der Waals surface area contributed by atoms with Crippen LogP contribution in [-0.2, 0) is 9.59 Å². The molecule has 0 heterocycles. The van der Waals surface area contributed by atoms with Crippen LogP contribution in [0.25, 0.3) is 0 Å². The summed E-state index contributed by atoms with van der Waals surface area (Å²) in [4.78, 5) is 36.0. The van der Waals surface area contributed by atoms with Crippen LogP contribution in [0.1, 0.15) is 34.8 Å². The van der Waals surface area contributed by atoms with Gasteiger partial charge in [0.1, 0.15) is 0 Å². The average molecular weight is 386 g/mol. The number of rotatable bonds is 7. The molecular formula is C20H19FN2O5. The molecule has 146 valence electrons. The van der Waals surface area contributed by atoms with Gasteiger partial charge in [0.15, 0.2) is 17.6 Å². The Bertz CT molecular complexity index is 927. The van der Waals surface area contributed by atoms with E-state index in [1.807, 2.05) is 0 Å². The highest BCUT2D eigenvalue weighted by Gasteiger charge is 2.29. The van der Waals surface area contributed by atoms with E-state index in [1.165, 1.54) is 31.4 Å². The van der Waals surface area contributed by atoms with Crippen molar-refractivity contribution in [3.63, 3.8) is 0 Å². The lowest BCUT2D eigenvalue weighted by Gasteiger charge is -2.16. The highest BCUT2D eigenvalue weighted by Crippen LogP contribution is 2.30. The Morgan fingerprint density at radius 1 is 1.18 bits per heavy atom. The normalized spacial score (nSPS) is 14.1. The lowest BCUT2D eigenvalue weighted by Crippen LogP contribution is -2.33. The lowest BCUT2D eigenvalue weighted by atomic mass is 10.1. The van der Waals surface area contributed by atoms with Gasteiger partial charge in [-0.1, -0.05) is 12.1 Å². The Balaban J connectivity index is 1.76. The summed E-state index contributed by atoms with van der Waals surface area (Å²) in [7, 11) is 1.30. The number of nitrogens with one attached hydrogen (secondary N) is 2. The number of hydrogen-bond acceptors (Lipinski definition) is 4. The zero-order valence-electron chi connectivity index (χ0n) is 15.1. The number of halogens is 1. The quantitative estimate of drug-likeness (QED) is 0.679. The zero-order valence-corrected chi connectivity index (χ0v) is 15.1. The third-order valence-corrected chi connectivity index (χ3v) is 4.37. The fraction of sp³-hybridized carbons (Fsp3) is 0.250. The van der Waals surface area contributed by atoms with Gasteiger partial charge in [0, 0.05) is 17.2 Å². The first kappa shape index (κ1) is 19.3. The summed E-state index contributed by atoms with van der Waals surface area (Å²) in [6, 6.07) is 8.40. The minimum absolute atomic E-state index is 0.0128. The molecule has 1 saturated carbocycles. The van der Waals surface area contributed by atoms with E-state index in [4.69, 9.17) is 4.74 Å². The van der Waals surface area contributed by atoms with Crippen LogP contribution >= 0.6 is 0 Å². The van der Waals surface area contributed by atoms with Crippen LogP contribution < -0.4 is 15.4 Å². The fourth-order valence-electron chi connectivity index (χ4n) is 2.69. The van der Waals surface area contributed by atoms with Crippen molar-refractivity contribution in [1.29, 1.82) is 0 Å². The highest BCUT2D eigenvalue weighted by atomic mass is 19.1.